The number of nitrogens with one attached hydrogen (secondary N) is 1. The zero-order valence-electron chi connectivity index (χ0n) is 11.8. The SMILES string of the molecule is COC(=O)C1CCC(S(=O)(=O)NCC2CCCO2)CC1. The van der Waals surface area contributed by atoms with Gasteiger partial charge in [0.2, 0.25) is 10.0 Å². The molecule has 20 heavy (non-hydrogen) atoms. The number of carbonyl (C=O) groups excluding carboxylic acids is 1. The Kier molecular flexibility index (Phi) is 5.40. The molecule has 0 aromatic carbocycles. The van der Waals surface area contributed by atoms with Crippen molar-refractivity contribution in [1.82, 2.24) is 4.72 Å². The number of hydrogen-bond donors (Lipinski definition) is 1. The van der Waals surface area contributed by atoms with Gasteiger partial charge < -0.3 is 9.47 Å². The van der Waals surface area contributed by atoms with Crippen LogP contribution in [0.4, 0.5) is 0 Å². The Bertz CT molecular complexity index is 422. The number of ether oxygens (including phenoxy) is 2. The maximum atomic E-state index is 12.2. The predicted octanol–water partition coefficient (Wildman–Crippen LogP) is 0.817. The van der Waals surface area contributed by atoms with Gasteiger partial charge in [0.15, 0.2) is 0 Å². The highest BCUT2D eigenvalue weighted by molar-refractivity contribution is 7.90. The van der Waals surface area contributed by atoms with Crippen LogP contribution in [0.1, 0.15) is 38.5 Å². The molecule has 0 spiro atoms. The topological polar surface area (TPSA) is 81.7 Å². The molecule has 0 bridgehead atoms. The van der Waals surface area contributed by atoms with Gasteiger partial charge in [0.25, 0.3) is 0 Å². The molecule has 1 N–H and O–H groups in total. The smallest absolute Gasteiger partial charge is 0.308 e. The van der Waals surface area contributed by atoms with Crippen molar-refractivity contribution in [3.8, 4) is 0 Å². The molecule has 116 valence electrons. The number of hydrogen-bond acceptors (Lipinski definition) is 5. The van der Waals surface area contributed by atoms with Crippen LogP contribution >= 0.6 is 0 Å². The van der Waals surface area contributed by atoms with Gasteiger partial charge in [-0.15, -0.1) is 0 Å². The van der Waals surface area contributed by atoms with E-state index in [-0.39, 0.29) is 18.0 Å². The highest BCUT2D eigenvalue weighted by atomic mass is 32.2. The molecule has 0 radical (unpaired) electrons. The third-order valence-corrected chi connectivity index (χ3v) is 6.10. The molecule has 1 heterocycles. The van der Waals surface area contributed by atoms with Gasteiger partial charge >= 0.3 is 5.97 Å². The van der Waals surface area contributed by atoms with E-state index in [2.05, 4.69) is 4.72 Å². The minimum absolute atomic E-state index is 0.0104. The Morgan fingerprint density at radius 3 is 2.50 bits per heavy atom. The summed E-state index contributed by atoms with van der Waals surface area (Å²) in [5.74, 6) is -0.377. The number of esters is 1. The monoisotopic (exact) mass is 305 g/mol. The predicted molar refractivity (Wildman–Crippen MR) is 73.7 cm³/mol. The minimum Gasteiger partial charge on any atom is -0.469 e. The molecular weight excluding hydrogens is 282 g/mol. The second-order valence-electron chi connectivity index (χ2n) is 5.53. The first kappa shape index (κ1) is 15.7. The van der Waals surface area contributed by atoms with E-state index in [9.17, 15) is 13.2 Å². The summed E-state index contributed by atoms with van der Waals surface area (Å²) in [7, 11) is -1.94. The second kappa shape index (κ2) is 6.87. The van der Waals surface area contributed by atoms with Crippen LogP contribution in [-0.4, -0.2) is 46.0 Å². The summed E-state index contributed by atoms with van der Waals surface area (Å²) in [5.41, 5.74) is 0. The Labute approximate surface area is 120 Å². The van der Waals surface area contributed by atoms with Crippen LogP contribution < -0.4 is 4.72 Å². The molecule has 6 nitrogen and oxygen atoms in total. The summed E-state index contributed by atoms with van der Waals surface area (Å²) in [6.45, 7) is 1.08. The van der Waals surface area contributed by atoms with Gasteiger partial charge in [0, 0.05) is 13.2 Å². The molecule has 1 unspecified atom stereocenters. The van der Waals surface area contributed by atoms with Gasteiger partial charge in [0.1, 0.15) is 0 Å². The molecule has 1 atom stereocenters. The first-order valence-electron chi connectivity index (χ1n) is 7.21. The van der Waals surface area contributed by atoms with Gasteiger partial charge in [0.05, 0.1) is 24.4 Å². The number of carbonyl (C=O) groups is 1. The van der Waals surface area contributed by atoms with Crippen LogP contribution in [-0.2, 0) is 24.3 Å². The summed E-state index contributed by atoms with van der Waals surface area (Å²) in [4.78, 5) is 11.4. The fourth-order valence-electron chi connectivity index (χ4n) is 2.91. The summed E-state index contributed by atoms with van der Waals surface area (Å²) < 4.78 is 37.2. The molecule has 7 heteroatoms. The molecule has 0 aromatic rings. The molecule has 0 amide bonds. The molecule has 1 aliphatic carbocycles. The van der Waals surface area contributed by atoms with E-state index < -0.39 is 15.3 Å². The molecule has 1 aliphatic heterocycles. The molecule has 2 rings (SSSR count). The molecule has 2 aliphatic rings. The van der Waals surface area contributed by atoms with Crippen LogP contribution in [0.3, 0.4) is 0 Å². The molecule has 1 saturated carbocycles. The summed E-state index contributed by atoms with van der Waals surface area (Å²) in [6, 6.07) is 0. The first-order valence-corrected chi connectivity index (χ1v) is 8.75. The van der Waals surface area contributed by atoms with Crippen LogP contribution in [0, 0.1) is 5.92 Å². The fraction of sp³-hybridized carbons (Fsp3) is 0.923. The van der Waals surface area contributed by atoms with E-state index in [0.717, 1.165) is 19.4 Å². The van der Waals surface area contributed by atoms with Crippen LogP contribution in [0.25, 0.3) is 0 Å². The van der Waals surface area contributed by atoms with Crippen LogP contribution in [0.5, 0.6) is 0 Å². The van der Waals surface area contributed by atoms with Crippen LogP contribution in [0.15, 0.2) is 0 Å². The standard InChI is InChI=1S/C13H23NO5S/c1-18-13(15)10-4-6-12(7-5-10)20(16,17)14-9-11-3-2-8-19-11/h10-12,14H,2-9H2,1H3. The van der Waals surface area contributed by atoms with Gasteiger partial charge in [-0.3, -0.25) is 4.79 Å². The number of rotatable bonds is 5. The summed E-state index contributed by atoms with van der Waals surface area (Å²) in [5, 5.41) is -0.398. The lowest BCUT2D eigenvalue weighted by Crippen LogP contribution is -2.41. The quantitative estimate of drug-likeness (QED) is 0.760. The van der Waals surface area contributed by atoms with Crippen molar-refractivity contribution in [3.63, 3.8) is 0 Å². The Morgan fingerprint density at radius 1 is 1.25 bits per heavy atom. The fourth-order valence-corrected chi connectivity index (χ4v) is 4.45. The number of sulfonamides is 1. The zero-order valence-corrected chi connectivity index (χ0v) is 12.7. The van der Waals surface area contributed by atoms with Gasteiger partial charge in [-0.05, 0) is 38.5 Å². The average Bonchev–Trinajstić information content (AvgIpc) is 2.98. The largest absolute Gasteiger partial charge is 0.469 e. The van der Waals surface area contributed by atoms with Crippen molar-refractivity contribution in [2.45, 2.75) is 49.9 Å². The molecule has 1 saturated heterocycles. The van der Waals surface area contributed by atoms with Crippen molar-refractivity contribution in [2.75, 3.05) is 20.3 Å². The van der Waals surface area contributed by atoms with E-state index in [4.69, 9.17) is 9.47 Å². The van der Waals surface area contributed by atoms with Crippen molar-refractivity contribution in [2.24, 2.45) is 5.92 Å². The van der Waals surface area contributed by atoms with Crippen molar-refractivity contribution in [1.29, 1.82) is 0 Å². The van der Waals surface area contributed by atoms with E-state index >= 15 is 0 Å². The average molecular weight is 305 g/mol. The van der Waals surface area contributed by atoms with Gasteiger partial charge in [-0.1, -0.05) is 0 Å². The van der Waals surface area contributed by atoms with E-state index in [1.54, 1.807) is 0 Å². The van der Waals surface area contributed by atoms with Gasteiger partial charge in [-0.25, -0.2) is 13.1 Å². The Hall–Kier alpha value is -0.660. The van der Waals surface area contributed by atoms with Crippen LogP contribution in [0.2, 0.25) is 0 Å². The zero-order chi connectivity index (χ0) is 14.6. The highest BCUT2D eigenvalue weighted by Crippen LogP contribution is 2.29. The first-order chi connectivity index (χ1) is 9.53. The summed E-state index contributed by atoms with van der Waals surface area (Å²) >= 11 is 0. The van der Waals surface area contributed by atoms with E-state index in [1.165, 1.54) is 7.11 Å². The maximum absolute atomic E-state index is 12.2. The Morgan fingerprint density at radius 2 is 1.95 bits per heavy atom. The van der Waals surface area contributed by atoms with Crippen molar-refractivity contribution in [3.05, 3.63) is 0 Å². The third-order valence-electron chi connectivity index (χ3n) is 4.18. The Balaban J connectivity index is 1.80. The summed E-state index contributed by atoms with van der Waals surface area (Å²) in [6.07, 6.45) is 4.11. The van der Waals surface area contributed by atoms with E-state index in [0.29, 0.717) is 32.2 Å². The lowest BCUT2D eigenvalue weighted by atomic mass is 9.89. The molecular formula is C13H23NO5S. The third kappa shape index (κ3) is 3.93. The van der Waals surface area contributed by atoms with E-state index in [1.807, 2.05) is 0 Å². The number of methoxy groups -OCH3 is 1. The van der Waals surface area contributed by atoms with Crippen molar-refractivity contribution < 1.29 is 22.7 Å². The highest BCUT2D eigenvalue weighted by Gasteiger charge is 2.34. The molecule has 0 aromatic heterocycles. The van der Waals surface area contributed by atoms with Crippen molar-refractivity contribution >= 4 is 16.0 Å². The molecule has 2 fully saturated rings. The second-order valence-corrected chi connectivity index (χ2v) is 7.57. The maximum Gasteiger partial charge on any atom is 0.308 e. The normalized spacial score (nSPS) is 31.1. The lowest BCUT2D eigenvalue weighted by Gasteiger charge is -2.27. The van der Waals surface area contributed by atoms with Gasteiger partial charge in [-0.2, -0.15) is 0 Å². The lowest BCUT2D eigenvalue weighted by molar-refractivity contribution is -0.146. The minimum atomic E-state index is -3.31.